The molecule has 0 spiro atoms. The third-order valence-electron chi connectivity index (χ3n) is 6.11. The van der Waals surface area contributed by atoms with Gasteiger partial charge in [-0.15, -0.1) is 0 Å². The molecule has 0 aromatic heterocycles. The quantitative estimate of drug-likeness (QED) is 0.894. The van der Waals surface area contributed by atoms with Crippen LogP contribution in [0.1, 0.15) is 44.1 Å². The Labute approximate surface area is 154 Å². The Bertz CT molecular complexity index is 601. The lowest BCUT2D eigenvalue weighted by atomic mass is 9.73. The molecule has 1 aromatic carbocycles. The highest BCUT2D eigenvalue weighted by molar-refractivity contribution is 6.30. The Morgan fingerprint density at radius 2 is 1.72 bits per heavy atom. The normalized spacial score (nSPS) is 24.8. The van der Waals surface area contributed by atoms with E-state index in [1.165, 1.54) is 12.8 Å². The summed E-state index contributed by atoms with van der Waals surface area (Å²) in [5.41, 5.74) is 0.587. The molecule has 1 amide bonds. The number of ether oxygens (including phenoxy) is 1. The van der Waals surface area contributed by atoms with E-state index in [4.69, 9.17) is 16.3 Å². The van der Waals surface area contributed by atoms with Gasteiger partial charge in [-0.05, 0) is 56.2 Å². The zero-order chi connectivity index (χ0) is 17.3. The van der Waals surface area contributed by atoms with Crippen LogP contribution in [0.3, 0.4) is 0 Å². The van der Waals surface area contributed by atoms with E-state index in [0.29, 0.717) is 24.3 Å². The molecule has 0 bridgehead atoms. The SMILES string of the molecule is O=C(NC1CCN(C2CC2)CC1)C1(c2ccc(Cl)cc2)CCOCC1. The fraction of sp³-hybridized carbons (Fsp3) is 0.650. The highest BCUT2D eigenvalue weighted by atomic mass is 35.5. The number of hydrogen-bond acceptors (Lipinski definition) is 3. The number of carbonyl (C=O) groups excluding carboxylic acids is 1. The maximum atomic E-state index is 13.3. The molecule has 25 heavy (non-hydrogen) atoms. The first-order chi connectivity index (χ1) is 12.2. The van der Waals surface area contributed by atoms with Gasteiger partial charge in [0.05, 0.1) is 5.41 Å². The number of benzene rings is 1. The van der Waals surface area contributed by atoms with Gasteiger partial charge in [0.2, 0.25) is 5.91 Å². The molecule has 1 saturated carbocycles. The van der Waals surface area contributed by atoms with Crippen LogP contribution in [0.15, 0.2) is 24.3 Å². The molecule has 1 N–H and O–H groups in total. The first-order valence-electron chi connectivity index (χ1n) is 9.56. The van der Waals surface area contributed by atoms with Gasteiger partial charge in [0.15, 0.2) is 0 Å². The number of amides is 1. The molecule has 3 aliphatic rings. The number of nitrogens with zero attached hydrogens (tertiary/aromatic N) is 1. The van der Waals surface area contributed by atoms with Crippen LogP contribution in [0.4, 0.5) is 0 Å². The maximum Gasteiger partial charge on any atom is 0.231 e. The second kappa shape index (κ2) is 7.26. The van der Waals surface area contributed by atoms with E-state index in [0.717, 1.165) is 50.4 Å². The maximum absolute atomic E-state index is 13.3. The fourth-order valence-electron chi connectivity index (χ4n) is 4.31. The van der Waals surface area contributed by atoms with Crippen LogP contribution < -0.4 is 5.32 Å². The number of nitrogens with one attached hydrogen (secondary N) is 1. The van der Waals surface area contributed by atoms with E-state index in [-0.39, 0.29) is 5.91 Å². The van der Waals surface area contributed by atoms with Crippen molar-refractivity contribution in [1.82, 2.24) is 10.2 Å². The second-order valence-corrected chi connectivity index (χ2v) is 8.15. The van der Waals surface area contributed by atoms with E-state index in [1.54, 1.807) is 0 Å². The zero-order valence-electron chi connectivity index (χ0n) is 14.7. The lowest BCUT2D eigenvalue weighted by Crippen LogP contribution is -2.53. The van der Waals surface area contributed by atoms with Crippen molar-refractivity contribution < 1.29 is 9.53 Å². The van der Waals surface area contributed by atoms with Crippen LogP contribution >= 0.6 is 11.6 Å². The molecule has 0 unspecified atom stereocenters. The number of rotatable bonds is 4. The molecule has 2 heterocycles. The first kappa shape index (κ1) is 17.3. The monoisotopic (exact) mass is 362 g/mol. The van der Waals surface area contributed by atoms with Gasteiger partial charge in [0.1, 0.15) is 0 Å². The summed E-state index contributed by atoms with van der Waals surface area (Å²) in [7, 11) is 0. The summed E-state index contributed by atoms with van der Waals surface area (Å²) >= 11 is 6.05. The van der Waals surface area contributed by atoms with Crippen molar-refractivity contribution >= 4 is 17.5 Å². The van der Waals surface area contributed by atoms with Gasteiger partial charge in [-0.25, -0.2) is 0 Å². The molecule has 3 fully saturated rings. The van der Waals surface area contributed by atoms with Crippen molar-refractivity contribution in [2.45, 2.75) is 56.0 Å². The van der Waals surface area contributed by atoms with E-state index in [2.05, 4.69) is 10.2 Å². The molecule has 4 nitrogen and oxygen atoms in total. The smallest absolute Gasteiger partial charge is 0.231 e. The zero-order valence-corrected chi connectivity index (χ0v) is 15.4. The summed E-state index contributed by atoms with van der Waals surface area (Å²) in [4.78, 5) is 15.9. The van der Waals surface area contributed by atoms with Crippen molar-refractivity contribution in [2.75, 3.05) is 26.3 Å². The van der Waals surface area contributed by atoms with E-state index >= 15 is 0 Å². The molecule has 1 aliphatic carbocycles. The minimum atomic E-state index is -0.476. The van der Waals surface area contributed by atoms with E-state index < -0.39 is 5.41 Å². The van der Waals surface area contributed by atoms with Crippen molar-refractivity contribution in [3.8, 4) is 0 Å². The summed E-state index contributed by atoms with van der Waals surface area (Å²) in [6, 6.07) is 8.90. The molecule has 0 radical (unpaired) electrons. The molecule has 1 aromatic rings. The van der Waals surface area contributed by atoms with Crippen LogP contribution in [-0.4, -0.2) is 49.2 Å². The van der Waals surface area contributed by atoms with Gasteiger partial charge in [-0.3, -0.25) is 4.79 Å². The third-order valence-corrected chi connectivity index (χ3v) is 6.36. The second-order valence-electron chi connectivity index (χ2n) is 7.72. The van der Waals surface area contributed by atoms with E-state index in [9.17, 15) is 4.79 Å². The van der Waals surface area contributed by atoms with Crippen molar-refractivity contribution in [3.05, 3.63) is 34.9 Å². The predicted molar refractivity (Wildman–Crippen MR) is 98.9 cm³/mol. The minimum absolute atomic E-state index is 0.169. The number of halogens is 1. The van der Waals surface area contributed by atoms with Gasteiger partial charge < -0.3 is 15.0 Å². The van der Waals surface area contributed by atoms with Gasteiger partial charge in [-0.1, -0.05) is 23.7 Å². The minimum Gasteiger partial charge on any atom is -0.381 e. The third kappa shape index (κ3) is 3.71. The molecule has 2 aliphatic heterocycles. The molecular weight excluding hydrogens is 336 g/mol. The molecule has 5 heteroatoms. The largest absolute Gasteiger partial charge is 0.381 e. The Kier molecular flexibility index (Phi) is 5.03. The van der Waals surface area contributed by atoms with Crippen LogP contribution in [0, 0.1) is 0 Å². The average molecular weight is 363 g/mol. The summed E-state index contributed by atoms with van der Waals surface area (Å²) < 4.78 is 5.54. The standard InChI is InChI=1S/C20H27ClN2O2/c21-16-3-1-15(2-4-16)20(9-13-25-14-10-20)19(24)22-17-7-11-23(12-8-17)18-5-6-18/h1-4,17-18H,5-14H2,(H,22,24). The topological polar surface area (TPSA) is 41.6 Å². The Hall–Kier alpha value is -1.10. The Morgan fingerprint density at radius 3 is 2.32 bits per heavy atom. The summed E-state index contributed by atoms with van der Waals surface area (Å²) in [6.07, 6.45) is 6.32. The summed E-state index contributed by atoms with van der Waals surface area (Å²) in [6.45, 7) is 3.51. The number of likely N-dealkylation sites (tertiary alicyclic amines) is 1. The number of piperidine rings is 1. The number of hydrogen-bond donors (Lipinski definition) is 1. The molecule has 136 valence electrons. The molecule has 4 rings (SSSR count). The summed E-state index contributed by atoms with van der Waals surface area (Å²) in [5, 5.41) is 4.08. The van der Waals surface area contributed by atoms with Crippen LogP contribution in [0.25, 0.3) is 0 Å². The predicted octanol–water partition coefficient (Wildman–Crippen LogP) is 3.13. The van der Waals surface area contributed by atoms with Crippen LogP contribution in [0.2, 0.25) is 5.02 Å². The first-order valence-corrected chi connectivity index (χ1v) is 9.94. The van der Waals surface area contributed by atoms with E-state index in [1.807, 2.05) is 24.3 Å². The van der Waals surface area contributed by atoms with Gasteiger partial charge in [-0.2, -0.15) is 0 Å². The van der Waals surface area contributed by atoms with Crippen molar-refractivity contribution in [1.29, 1.82) is 0 Å². The Morgan fingerprint density at radius 1 is 1.08 bits per heavy atom. The van der Waals surface area contributed by atoms with Crippen LogP contribution in [0.5, 0.6) is 0 Å². The lowest BCUT2D eigenvalue weighted by molar-refractivity contribution is -0.131. The highest BCUT2D eigenvalue weighted by Gasteiger charge is 2.43. The van der Waals surface area contributed by atoms with Gasteiger partial charge in [0, 0.05) is 43.4 Å². The molecule has 0 atom stereocenters. The van der Waals surface area contributed by atoms with Crippen molar-refractivity contribution in [3.63, 3.8) is 0 Å². The van der Waals surface area contributed by atoms with Gasteiger partial charge >= 0.3 is 0 Å². The summed E-state index contributed by atoms with van der Waals surface area (Å²) in [5.74, 6) is 0.169. The molecular formula is C20H27ClN2O2. The van der Waals surface area contributed by atoms with Crippen LogP contribution in [-0.2, 0) is 14.9 Å². The van der Waals surface area contributed by atoms with Crippen molar-refractivity contribution in [2.24, 2.45) is 0 Å². The lowest BCUT2D eigenvalue weighted by Gasteiger charge is -2.39. The average Bonchev–Trinajstić information content (AvgIpc) is 3.49. The fourth-order valence-corrected chi connectivity index (χ4v) is 4.43. The highest BCUT2D eigenvalue weighted by Crippen LogP contribution is 2.36. The van der Waals surface area contributed by atoms with Gasteiger partial charge in [0.25, 0.3) is 0 Å². The number of carbonyl (C=O) groups is 1. The molecule has 2 saturated heterocycles. The Balaban J connectivity index is 1.45.